The summed E-state index contributed by atoms with van der Waals surface area (Å²) in [6.07, 6.45) is 0. The van der Waals surface area contributed by atoms with E-state index in [1.54, 1.807) is 18.2 Å². The lowest BCUT2D eigenvalue weighted by Crippen LogP contribution is -1.91. The Morgan fingerprint density at radius 2 is 0.898 bits per heavy atom. The van der Waals surface area contributed by atoms with Crippen LogP contribution in [0.5, 0.6) is 0 Å². The molecule has 0 radical (unpaired) electrons. The van der Waals surface area contributed by atoms with Crippen molar-refractivity contribution < 1.29 is 26.3 Å². The van der Waals surface area contributed by atoms with E-state index in [4.69, 9.17) is 16.8 Å². The fourth-order valence-electron chi connectivity index (χ4n) is 6.93. The zero-order valence-corrected chi connectivity index (χ0v) is 25.5. The van der Waals surface area contributed by atoms with Crippen LogP contribution in [0.3, 0.4) is 0 Å². The van der Waals surface area contributed by atoms with Crippen LogP contribution in [0.2, 0.25) is 0 Å². The highest BCUT2D eigenvalue weighted by Gasteiger charge is 2.20. The molecule has 1 heterocycles. The van der Waals surface area contributed by atoms with E-state index in [1.165, 1.54) is 6.07 Å². The first-order chi connectivity index (χ1) is 31.0. The van der Waals surface area contributed by atoms with Crippen molar-refractivity contribution in [3.63, 3.8) is 0 Å². The molecule has 0 atom stereocenters. The highest BCUT2D eigenvalue weighted by atomic mass is 16.3. The Bertz CT molecular complexity index is 3680. The van der Waals surface area contributed by atoms with Crippen molar-refractivity contribution in [3.8, 4) is 44.5 Å². The molecular formula is C48H30O. The van der Waals surface area contributed by atoms with Crippen LogP contribution in [0.1, 0.15) is 21.9 Å². The molecule has 1 nitrogen and oxygen atoms in total. The van der Waals surface area contributed by atoms with Crippen molar-refractivity contribution in [2.24, 2.45) is 0 Å². The number of fused-ring (bicyclic) bond motifs is 6. The third kappa shape index (κ3) is 4.33. The van der Waals surface area contributed by atoms with Crippen molar-refractivity contribution in [2.45, 2.75) is 0 Å². The molecule has 228 valence electrons. The summed E-state index contributed by atoms with van der Waals surface area (Å²) < 4.78 is 151. The van der Waals surface area contributed by atoms with E-state index in [0.717, 1.165) is 21.9 Å². The van der Waals surface area contributed by atoms with Crippen molar-refractivity contribution in [1.29, 1.82) is 0 Å². The topological polar surface area (TPSA) is 13.1 Å². The van der Waals surface area contributed by atoms with Gasteiger partial charge in [0.2, 0.25) is 0 Å². The summed E-state index contributed by atoms with van der Waals surface area (Å²) in [6, 6.07) is 14.5. The summed E-state index contributed by atoms with van der Waals surface area (Å²) in [5.41, 5.74) is 1.33. The third-order valence-corrected chi connectivity index (χ3v) is 8.94. The van der Waals surface area contributed by atoms with E-state index in [-0.39, 0.29) is 5.56 Å². The van der Waals surface area contributed by atoms with Gasteiger partial charge in [-0.1, -0.05) is 163 Å². The molecule has 0 spiro atoms. The normalized spacial score (nSPS) is 16.2. The van der Waals surface area contributed by atoms with Crippen LogP contribution in [-0.4, -0.2) is 0 Å². The SMILES string of the molecule is [2H]c1cc(-c2cccc3oc4cccc(-c5cccc6ccccc56)c4c23)c([2H])c(-c2c3c([2H])c([2H])c([2H])c([2H])c3c(-c3c([2H])c([2H])c([2H])c([2H])c3[2H])c3c([2H])c([2H])c([2H])c([2H])c23)c1[2H]. The van der Waals surface area contributed by atoms with Crippen LogP contribution < -0.4 is 0 Å². The predicted molar refractivity (Wildman–Crippen MR) is 208 cm³/mol. The summed E-state index contributed by atoms with van der Waals surface area (Å²) in [5.74, 6) is 0. The average molecular weight is 639 g/mol. The third-order valence-electron chi connectivity index (χ3n) is 8.94. The van der Waals surface area contributed by atoms with Gasteiger partial charge >= 0.3 is 0 Å². The maximum absolute atomic E-state index is 10.0. The zero-order valence-electron chi connectivity index (χ0n) is 41.5. The van der Waals surface area contributed by atoms with Gasteiger partial charge in [0.05, 0.1) is 21.9 Å². The van der Waals surface area contributed by atoms with E-state index in [0.29, 0.717) is 27.5 Å². The van der Waals surface area contributed by atoms with E-state index < -0.39 is 140 Å². The van der Waals surface area contributed by atoms with Gasteiger partial charge in [0.1, 0.15) is 11.2 Å². The Kier molecular flexibility index (Phi) is 3.64. The molecule has 1 heteroatoms. The van der Waals surface area contributed by atoms with E-state index in [1.807, 2.05) is 60.7 Å². The summed E-state index contributed by atoms with van der Waals surface area (Å²) in [4.78, 5) is 0. The highest BCUT2D eigenvalue weighted by Crippen LogP contribution is 2.46. The molecule has 10 rings (SSSR count). The molecule has 0 bridgehead atoms. The van der Waals surface area contributed by atoms with Crippen LogP contribution in [0, 0.1) is 0 Å². The molecule has 0 N–H and O–H groups in total. The van der Waals surface area contributed by atoms with Crippen molar-refractivity contribution in [3.05, 3.63) is 182 Å². The first kappa shape index (κ1) is 16.1. The summed E-state index contributed by atoms with van der Waals surface area (Å²) >= 11 is 0. The van der Waals surface area contributed by atoms with E-state index >= 15 is 0 Å². The monoisotopic (exact) mass is 638 g/mol. The number of rotatable bonds is 4. The maximum atomic E-state index is 10.0. The second-order valence-electron chi connectivity index (χ2n) is 11.6. The minimum atomic E-state index is -0.800. The minimum Gasteiger partial charge on any atom is -0.456 e. The molecule has 10 aromatic rings. The Balaban J connectivity index is 1.41. The fourth-order valence-corrected chi connectivity index (χ4v) is 6.93. The molecule has 0 aliphatic rings. The Hall–Kier alpha value is -6.44. The number of furan rings is 1. The van der Waals surface area contributed by atoms with Crippen LogP contribution >= 0.6 is 0 Å². The molecule has 0 amide bonds. The lowest BCUT2D eigenvalue weighted by molar-refractivity contribution is 0.669. The van der Waals surface area contributed by atoms with Gasteiger partial charge < -0.3 is 4.42 Å². The largest absolute Gasteiger partial charge is 0.456 e. The van der Waals surface area contributed by atoms with Gasteiger partial charge in [-0.25, -0.2) is 0 Å². The number of hydrogen-bond donors (Lipinski definition) is 0. The second-order valence-corrected chi connectivity index (χ2v) is 11.6. The predicted octanol–water partition coefficient (Wildman–Crippen LogP) is 13.7. The van der Waals surface area contributed by atoms with E-state index in [9.17, 15) is 9.60 Å². The van der Waals surface area contributed by atoms with Gasteiger partial charge in [-0.05, 0) is 95.0 Å². The molecule has 0 unspecified atom stereocenters. The first-order valence-corrected chi connectivity index (χ1v) is 15.5. The van der Waals surface area contributed by atoms with Crippen LogP contribution in [0.15, 0.2) is 186 Å². The van der Waals surface area contributed by atoms with Crippen molar-refractivity contribution in [2.75, 3.05) is 0 Å². The van der Waals surface area contributed by atoms with Gasteiger partial charge in [-0.3, -0.25) is 0 Å². The maximum Gasteiger partial charge on any atom is 0.136 e. The molecule has 0 fully saturated rings. The molecule has 0 saturated carbocycles. The lowest BCUT2D eigenvalue weighted by atomic mass is 9.85. The number of benzene rings is 9. The zero-order chi connectivity index (χ0) is 46.2. The minimum absolute atomic E-state index is 0.0969. The second kappa shape index (κ2) is 11.1. The van der Waals surface area contributed by atoms with Gasteiger partial charge in [0, 0.05) is 10.8 Å². The molecule has 0 saturated heterocycles. The smallest absolute Gasteiger partial charge is 0.136 e. The quantitative estimate of drug-likeness (QED) is 0.175. The standard InChI is InChI=1S/C48H30O/c1-2-15-32(16-3-1)45-39-21-6-8-23-41(39)46(42-24-9-7-22-40(42)45)34-19-10-18-33(30-34)36-25-12-28-43-47(36)48-38(27-13-29-44(48)49-43)37-26-11-17-31-14-4-5-20-35(31)37/h1-30H/i1D,2D,3D,6D,7D,8D,9D,10D,15D,16D,19D,21D,22D,23D,24D,30D. The lowest BCUT2D eigenvalue weighted by Gasteiger charge is -2.18. The summed E-state index contributed by atoms with van der Waals surface area (Å²) in [6.45, 7) is 0. The average Bonchev–Trinajstić information content (AvgIpc) is 3.70. The molecule has 1 aromatic heterocycles. The Morgan fingerprint density at radius 3 is 1.61 bits per heavy atom. The summed E-state index contributed by atoms with van der Waals surface area (Å²) in [7, 11) is 0. The number of hydrogen-bond acceptors (Lipinski definition) is 1. The molecular weight excluding hydrogens is 593 g/mol. The first-order valence-electron chi connectivity index (χ1n) is 23.5. The van der Waals surface area contributed by atoms with Gasteiger partial charge in [-0.2, -0.15) is 0 Å². The Morgan fingerprint density at radius 1 is 0.367 bits per heavy atom. The van der Waals surface area contributed by atoms with Gasteiger partial charge in [0.25, 0.3) is 0 Å². The van der Waals surface area contributed by atoms with Crippen molar-refractivity contribution >= 4 is 54.3 Å². The van der Waals surface area contributed by atoms with Crippen LogP contribution in [-0.2, 0) is 0 Å². The fraction of sp³-hybridized carbons (Fsp3) is 0. The van der Waals surface area contributed by atoms with Crippen LogP contribution in [0.25, 0.3) is 98.8 Å². The molecule has 9 aromatic carbocycles. The molecule has 0 aliphatic carbocycles. The Labute approximate surface area is 306 Å². The van der Waals surface area contributed by atoms with Crippen LogP contribution in [0.4, 0.5) is 0 Å². The van der Waals surface area contributed by atoms with Gasteiger partial charge in [0.15, 0.2) is 0 Å². The highest BCUT2D eigenvalue weighted by molar-refractivity contribution is 6.22. The summed E-state index contributed by atoms with van der Waals surface area (Å²) in [5, 5.41) is 1.41. The molecule has 49 heavy (non-hydrogen) atoms. The van der Waals surface area contributed by atoms with Gasteiger partial charge in [-0.15, -0.1) is 0 Å². The molecule has 0 aliphatic heterocycles. The van der Waals surface area contributed by atoms with Crippen molar-refractivity contribution in [1.82, 2.24) is 0 Å². The van der Waals surface area contributed by atoms with E-state index in [2.05, 4.69) is 0 Å².